The Labute approximate surface area is 125 Å². The molecule has 2 unspecified atom stereocenters. The SMILES string of the molecule is CCC(CSC)NC(=O)NCC(O)c1ccc(C)cc1. The van der Waals surface area contributed by atoms with Crippen LogP contribution < -0.4 is 10.6 Å². The summed E-state index contributed by atoms with van der Waals surface area (Å²) in [5, 5.41) is 15.6. The smallest absolute Gasteiger partial charge is 0.315 e. The fourth-order valence-electron chi connectivity index (χ4n) is 1.80. The maximum absolute atomic E-state index is 11.7. The number of rotatable bonds is 7. The summed E-state index contributed by atoms with van der Waals surface area (Å²) in [4.78, 5) is 11.7. The highest BCUT2D eigenvalue weighted by Gasteiger charge is 2.12. The number of urea groups is 1. The van der Waals surface area contributed by atoms with Gasteiger partial charge in [-0.2, -0.15) is 11.8 Å². The van der Waals surface area contributed by atoms with Crippen molar-refractivity contribution < 1.29 is 9.90 Å². The summed E-state index contributed by atoms with van der Waals surface area (Å²) in [5.41, 5.74) is 1.96. The molecule has 0 radical (unpaired) electrons. The third-order valence-corrected chi connectivity index (χ3v) is 3.85. The minimum absolute atomic E-state index is 0.168. The molecule has 112 valence electrons. The van der Waals surface area contributed by atoms with Gasteiger partial charge >= 0.3 is 6.03 Å². The second-order valence-electron chi connectivity index (χ2n) is 4.84. The molecule has 2 amide bonds. The van der Waals surface area contributed by atoms with Crippen LogP contribution in [0.3, 0.4) is 0 Å². The van der Waals surface area contributed by atoms with Gasteiger partial charge in [-0.1, -0.05) is 36.8 Å². The summed E-state index contributed by atoms with van der Waals surface area (Å²) in [6.45, 7) is 4.26. The first-order valence-corrected chi connectivity index (χ1v) is 8.24. The Hall–Kier alpha value is -1.20. The largest absolute Gasteiger partial charge is 0.387 e. The van der Waals surface area contributed by atoms with Crippen molar-refractivity contribution >= 4 is 17.8 Å². The number of thioether (sulfide) groups is 1. The second-order valence-corrected chi connectivity index (χ2v) is 5.75. The Morgan fingerprint density at radius 2 is 2.00 bits per heavy atom. The molecular formula is C15H24N2O2S. The van der Waals surface area contributed by atoms with Gasteiger partial charge in [0, 0.05) is 18.3 Å². The van der Waals surface area contributed by atoms with Crippen LogP contribution in [0.2, 0.25) is 0 Å². The number of hydrogen-bond acceptors (Lipinski definition) is 3. The van der Waals surface area contributed by atoms with Gasteiger partial charge in [0.1, 0.15) is 0 Å². The molecule has 3 N–H and O–H groups in total. The molecule has 0 aliphatic heterocycles. The molecule has 2 atom stereocenters. The molecule has 0 fully saturated rings. The van der Waals surface area contributed by atoms with E-state index in [9.17, 15) is 9.90 Å². The van der Waals surface area contributed by atoms with Gasteiger partial charge in [-0.05, 0) is 25.2 Å². The average molecular weight is 296 g/mol. The Morgan fingerprint density at radius 3 is 2.55 bits per heavy atom. The van der Waals surface area contributed by atoms with Crippen LogP contribution in [0.25, 0.3) is 0 Å². The highest BCUT2D eigenvalue weighted by atomic mass is 32.2. The lowest BCUT2D eigenvalue weighted by molar-refractivity contribution is 0.172. The number of aryl methyl sites for hydroxylation is 1. The molecule has 0 saturated carbocycles. The standard InChI is InChI=1S/C15H24N2O2S/c1-4-13(10-20-3)17-15(19)16-9-14(18)12-7-5-11(2)6-8-12/h5-8,13-14,18H,4,9-10H2,1-3H3,(H2,16,17,19). The number of carbonyl (C=O) groups is 1. The van der Waals surface area contributed by atoms with Gasteiger partial charge < -0.3 is 15.7 Å². The number of hydrogen-bond donors (Lipinski definition) is 3. The van der Waals surface area contributed by atoms with Crippen molar-refractivity contribution in [2.75, 3.05) is 18.6 Å². The van der Waals surface area contributed by atoms with Gasteiger partial charge in [0.05, 0.1) is 6.10 Å². The second kappa shape index (κ2) is 8.87. The number of carbonyl (C=O) groups excluding carboxylic acids is 1. The first-order chi connectivity index (χ1) is 9.56. The molecule has 0 bridgehead atoms. The van der Waals surface area contributed by atoms with Crippen LogP contribution in [0.15, 0.2) is 24.3 Å². The third kappa shape index (κ3) is 5.84. The van der Waals surface area contributed by atoms with Crippen molar-refractivity contribution in [1.29, 1.82) is 0 Å². The molecule has 1 aromatic rings. The molecule has 20 heavy (non-hydrogen) atoms. The molecule has 0 aliphatic carbocycles. The highest BCUT2D eigenvalue weighted by Crippen LogP contribution is 2.12. The van der Waals surface area contributed by atoms with Gasteiger partial charge in [-0.25, -0.2) is 4.79 Å². The van der Waals surface area contributed by atoms with E-state index in [0.717, 1.165) is 23.3 Å². The highest BCUT2D eigenvalue weighted by molar-refractivity contribution is 7.98. The average Bonchev–Trinajstić information content (AvgIpc) is 2.45. The predicted molar refractivity (Wildman–Crippen MR) is 85.1 cm³/mol. The number of amides is 2. The monoisotopic (exact) mass is 296 g/mol. The van der Waals surface area contributed by atoms with Crippen molar-refractivity contribution in [3.8, 4) is 0 Å². The van der Waals surface area contributed by atoms with Crippen LogP contribution in [0.5, 0.6) is 0 Å². The van der Waals surface area contributed by atoms with E-state index >= 15 is 0 Å². The van der Waals surface area contributed by atoms with E-state index in [1.165, 1.54) is 0 Å². The van der Waals surface area contributed by atoms with E-state index in [-0.39, 0.29) is 18.6 Å². The van der Waals surface area contributed by atoms with Crippen LogP contribution in [0.1, 0.15) is 30.6 Å². The Bertz CT molecular complexity index is 409. The van der Waals surface area contributed by atoms with E-state index in [0.29, 0.717) is 0 Å². The van der Waals surface area contributed by atoms with Crippen molar-refractivity contribution in [3.05, 3.63) is 35.4 Å². The summed E-state index contributed by atoms with van der Waals surface area (Å²) >= 11 is 1.71. The van der Waals surface area contributed by atoms with Crippen LogP contribution in [0.4, 0.5) is 4.79 Å². The minimum atomic E-state index is -0.679. The van der Waals surface area contributed by atoms with E-state index in [2.05, 4.69) is 10.6 Å². The lowest BCUT2D eigenvalue weighted by Gasteiger charge is -2.18. The maximum Gasteiger partial charge on any atom is 0.315 e. The van der Waals surface area contributed by atoms with Crippen LogP contribution >= 0.6 is 11.8 Å². The van der Waals surface area contributed by atoms with Gasteiger partial charge in [0.25, 0.3) is 0 Å². The summed E-state index contributed by atoms with van der Waals surface area (Å²) in [7, 11) is 0. The Balaban J connectivity index is 2.38. The first kappa shape index (κ1) is 16.9. The maximum atomic E-state index is 11.7. The van der Waals surface area contributed by atoms with Crippen molar-refractivity contribution in [3.63, 3.8) is 0 Å². The molecule has 5 heteroatoms. The Morgan fingerprint density at radius 1 is 1.35 bits per heavy atom. The summed E-state index contributed by atoms with van der Waals surface area (Å²) in [6, 6.07) is 7.59. The lowest BCUT2D eigenvalue weighted by Crippen LogP contribution is -2.44. The lowest BCUT2D eigenvalue weighted by atomic mass is 10.1. The normalized spacial score (nSPS) is 13.6. The van der Waals surface area contributed by atoms with Crippen molar-refractivity contribution in [2.24, 2.45) is 0 Å². The molecule has 0 heterocycles. The van der Waals surface area contributed by atoms with Crippen molar-refractivity contribution in [1.82, 2.24) is 10.6 Å². The van der Waals surface area contributed by atoms with Crippen LogP contribution in [-0.2, 0) is 0 Å². The van der Waals surface area contributed by atoms with Gasteiger partial charge in [-0.3, -0.25) is 0 Å². The van der Waals surface area contributed by atoms with Crippen molar-refractivity contribution in [2.45, 2.75) is 32.4 Å². The summed E-state index contributed by atoms with van der Waals surface area (Å²) in [6.07, 6.45) is 2.24. The van der Waals surface area contributed by atoms with E-state index < -0.39 is 6.10 Å². The van der Waals surface area contributed by atoms with E-state index in [1.807, 2.05) is 44.4 Å². The molecular weight excluding hydrogens is 272 g/mol. The molecule has 1 rings (SSSR count). The Kier molecular flexibility index (Phi) is 7.47. The van der Waals surface area contributed by atoms with E-state index in [4.69, 9.17) is 0 Å². The third-order valence-electron chi connectivity index (χ3n) is 3.11. The minimum Gasteiger partial charge on any atom is -0.387 e. The number of benzene rings is 1. The zero-order chi connectivity index (χ0) is 15.0. The van der Waals surface area contributed by atoms with Crippen LogP contribution in [0, 0.1) is 6.92 Å². The molecule has 0 spiro atoms. The topological polar surface area (TPSA) is 61.4 Å². The molecule has 0 aliphatic rings. The predicted octanol–water partition coefficient (Wildman–Crippen LogP) is 2.47. The fourth-order valence-corrected chi connectivity index (χ4v) is 2.52. The fraction of sp³-hybridized carbons (Fsp3) is 0.533. The molecule has 4 nitrogen and oxygen atoms in total. The molecule has 0 aromatic heterocycles. The van der Waals surface area contributed by atoms with Gasteiger partial charge in [0.2, 0.25) is 0 Å². The molecule has 1 aromatic carbocycles. The van der Waals surface area contributed by atoms with Gasteiger partial charge in [0.15, 0.2) is 0 Å². The van der Waals surface area contributed by atoms with Crippen LogP contribution in [-0.4, -0.2) is 35.7 Å². The van der Waals surface area contributed by atoms with E-state index in [1.54, 1.807) is 11.8 Å². The zero-order valence-electron chi connectivity index (χ0n) is 12.3. The first-order valence-electron chi connectivity index (χ1n) is 6.84. The number of aliphatic hydroxyl groups excluding tert-OH is 1. The molecule has 0 saturated heterocycles. The number of aliphatic hydroxyl groups is 1. The quantitative estimate of drug-likeness (QED) is 0.724. The zero-order valence-corrected chi connectivity index (χ0v) is 13.2. The summed E-state index contributed by atoms with van der Waals surface area (Å²) in [5.74, 6) is 0.893. The summed E-state index contributed by atoms with van der Waals surface area (Å²) < 4.78 is 0. The number of nitrogens with one attached hydrogen (secondary N) is 2. The van der Waals surface area contributed by atoms with Gasteiger partial charge in [-0.15, -0.1) is 0 Å².